The minimum absolute atomic E-state index is 1.06. The van der Waals surface area contributed by atoms with Gasteiger partial charge >= 0.3 is 0 Å². The van der Waals surface area contributed by atoms with Crippen LogP contribution in [0.4, 0.5) is 0 Å². The molecule has 0 aliphatic heterocycles. The lowest BCUT2D eigenvalue weighted by Crippen LogP contribution is -1.86. The van der Waals surface area contributed by atoms with Crippen molar-refractivity contribution in [2.45, 2.75) is 13.8 Å². The molecule has 0 aliphatic carbocycles. The van der Waals surface area contributed by atoms with Gasteiger partial charge in [-0.3, -0.25) is 0 Å². The van der Waals surface area contributed by atoms with Crippen molar-refractivity contribution < 1.29 is 0 Å². The number of rotatable bonds is 0. The molecule has 0 nitrogen and oxygen atoms in total. The van der Waals surface area contributed by atoms with E-state index in [9.17, 15) is 0 Å². The molecule has 0 fully saturated rings. The fraction of sp³-hybridized carbons (Fsp3) is 0.125. The molecule has 0 spiro atoms. The van der Waals surface area contributed by atoms with Crippen molar-refractivity contribution in [2.75, 3.05) is 0 Å². The highest BCUT2D eigenvalue weighted by molar-refractivity contribution is 5.49. The topological polar surface area (TPSA) is 0 Å². The number of hydrogen-bond acceptors (Lipinski definition) is 0. The SMILES string of the molecule is Cc1cccc(C)c1C#Cc1ccccc1. The van der Waals surface area contributed by atoms with Crippen molar-refractivity contribution in [3.8, 4) is 11.8 Å². The minimum atomic E-state index is 1.06. The first-order chi connectivity index (χ1) is 7.77. The largest absolute Gasteiger partial charge is 0.0622 e. The summed E-state index contributed by atoms with van der Waals surface area (Å²) in [4.78, 5) is 0. The number of aryl methyl sites for hydroxylation is 2. The molecule has 0 radical (unpaired) electrons. The van der Waals surface area contributed by atoms with E-state index in [0.29, 0.717) is 0 Å². The Hall–Kier alpha value is -2.00. The van der Waals surface area contributed by atoms with Crippen molar-refractivity contribution in [3.05, 3.63) is 70.8 Å². The molecular formula is C16H14. The van der Waals surface area contributed by atoms with E-state index in [-0.39, 0.29) is 0 Å². The number of benzene rings is 2. The van der Waals surface area contributed by atoms with Gasteiger partial charge in [0.2, 0.25) is 0 Å². The molecule has 2 rings (SSSR count). The summed E-state index contributed by atoms with van der Waals surface area (Å²) in [6.07, 6.45) is 0. The molecule has 0 saturated heterocycles. The summed E-state index contributed by atoms with van der Waals surface area (Å²) >= 11 is 0. The van der Waals surface area contributed by atoms with Gasteiger partial charge in [-0.1, -0.05) is 48.2 Å². The summed E-state index contributed by atoms with van der Waals surface area (Å²) in [5.41, 5.74) is 4.68. The maximum atomic E-state index is 3.25. The van der Waals surface area contributed by atoms with E-state index in [2.05, 4.69) is 43.9 Å². The third-order valence-electron chi connectivity index (χ3n) is 2.59. The minimum Gasteiger partial charge on any atom is -0.0622 e. The Labute approximate surface area is 96.9 Å². The Kier molecular flexibility index (Phi) is 3.08. The first kappa shape index (κ1) is 10.5. The average Bonchev–Trinajstić information content (AvgIpc) is 2.30. The predicted octanol–water partition coefficient (Wildman–Crippen LogP) is 3.70. The van der Waals surface area contributed by atoms with E-state index in [1.165, 1.54) is 11.1 Å². The third-order valence-corrected chi connectivity index (χ3v) is 2.59. The van der Waals surface area contributed by atoms with E-state index in [1.54, 1.807) is 0 Å². The Morgan fingerprint density at radius 2 is 1.31 bits per heavy atom. The van der Waals surface area contributed by atoms with Crippen molar-refractivity contribution in [1.82, 2.24) is 0 Å². The van der Waals surface area contributed by atoms with Crippen LogP contribution in [0.1, 0.15) is 22.3 Å². The van der Waals surface area contributed by atoms with Crippen LogP contribution in [0.15, 0.2) is 48.5 Å². The third kappa shape index (κ3) is 2.32. The molecule has 16 heavy (non-hydrogen) atoms. The zero-order valence-electron chi connectivity index (χ0n) is 9.62. The van der Waals surface area contributed by atoms with Gasteiger partial charge in [0.25, 0.3) is 0 Å². The molecule has 0 heterocycles. The second-order valence-electron chi connectivity index (χ2n) is 3.88. The van der Waals surface area contributed by atoms with Crippen LogP contribution in [0.3, 0.4) is 0 Å². The van der Waals surface area contributed by atoms with Crippen molar-refractivity contribution in [3.63, 3.8) is 0 Å². The van der Waals surface area contributed by atoms with Gasteiger partial charge in [0.05, 0.1) is 0 Å². The normalized spacial score (nSPS) is 9.38. The maximum absolute atomic E-state index is 3.25. The lowest BCUT2D eigenvalue weighted by Gasteiger charge is -2.01. The van der Waals surface area contributed by atoms with Gasteiger partial charge in [-0.05, 0) is 37.1 Å². The molecule has 0 bridgehead atoms. The summed E-state index contributed by atoms with van der Waals surface area (Å²) in [6.45, 7) is 4.20. The fourth-order valence-electron chi connectivity index (χ4n) is 1.67. The highest BCUT2D eigenvalue weighted by atomic mass is 14.0. The Morgan fingerprint density at radius 1 is 0.688 bits per heavy atom. The number of hydrogen-bond donors (Lipinski definition) is 0. The molecule has 0 amide bonds. The smallest absolute Gasteiger partial charge is 0.0307 e. The van der Waals surface area contributed by atoms with E-state index in [0.717, 1.165) is 11.1 Å². The molecule has 0 saturated carbocycles. The van der Waals surface area contributed by atoms with Crippen LogP contribution in [0.5, 0.6) is 0 Å². The van der Waals surface area contributed by atoms with Gasteiger partial charge in [0.15, 0.2) is 0 Å². The summed E-state index contributed by atoms with van der Waals surface area (Å²) in [5.74, 6) is 6.44. The van der Waals surface area contributed by atoms with Gasteiger partial charge in [-0.15, -0.1) is 0 Å². The Bertz CT molecular complexity index is 519. The monoisotopic (exact) mass is 206 g/mol. The first-order valence-electron chi connectivity index (χ1n) is 5.40. The molecule has 0 unspecified atom stereocenters. The molecule has 0 N–H and O–H groups in total. The van der Waals surface area contributed by atoms with Crippen LogP contribution in [-0.4, -0.2) is 0 Å². The molecule has 2 aromatic rings. The summed E-state index contributed by atoms with van der Waals surface area (Å²) in [7, 11) is 0. The molecular weight excluding hydrogens is 192 g/mol. The summed E-state index contributed by atoms with van der Waals surface area (Å²) in [5, 5.41) is 0. The Morgan fingerprint density at radius 3 is 1.94 bits per heavy atom. The van der Waals surface area contributed by atoms with E-state index >= 15 is 0 Å². The van der Waals surface area contributed by atoms with Gasteiger partial charge in [-0.2, -0.15) is 0 Å². The predicted molar refractivity (Wildman–Crippen MR) is 68.3 cm³/mol. The van der Waals surface area contributed by atoms with Crippen LogP contribution < -0.4 is 0 Å². The van der Waals surface area contributed by atoms with Crippen molar-refractivity contribution in [1.29, 1.82) is 0 Å². The van der Waals surface area contributed by atoms with Gasteiger partial charge in [0.1, 0.15) is 0 Å². The molecule has 0 atom stereocenters. The van der Waals surface area contributed by atoms with Crippen LogP contribution >= 0.6 is 0 Å². The van der Waals surface area contributed by atoms with Gasteiger partial charge in [0, 0.05) is 11.1 Å². The van der Waals surface area contributed by atoms with Crippen LogP contribution in [0.2, 0.25) is 0 Å². The fourth-order valence-corrected chi connectivity index (χ4v) is 1.67. The Balaban J connectivity index is 2.39. The van der Waals surface area contributed by atoms with E-state index < -0.39 is 0 Å². The van der Waals surface area contributed by atoms with Crippen LogP contribution in [0, 0.1) is 25.7 Å². The zero-order chi connectivity index (χ0) is 11.4. The second kappa shape index (κ2) is 4.68. The van der Waals surface area contributed by atoms with Gasteiger partial charge < -0.3 is 0 Å². The highest BCUT2D eigenvalue weighted by Gasteiger charge is 1.96. The zero-order valence-corrected chi connectivity index (χ0v) is 9.62. The van der Waals surface area contributed by atoms with Gasteiger partial charge in [-0.25, -0.2) is 0 Å². The van der Waals surface area contributed by atoms with Crippen molar-refractivity contribution in [2.24, 2.45) is 0 Å². The standard InChI is InChI=1S/C16H14/c1-13-7-6-8-14(2)16(13)12-11-15-9-4-3-5-10-15/h3-10H,1-2H3. The average molecular weight is 206 g/mol. The first-order valence-corrected chi connectivity index (χ1v) is 5.40. The molecule has 0 heteroatoms. The van der Waals surface area contributed by atoms with Crippen molar-refractivity contribution >= 4 is 0 Å². The summed E-state index contributed by atoms with van der Waals surface area (Å²) in [6, 6.07) is 16.3. The molecule has 78 valence electrons. The highest BCUT2D eigenvalue weighted by Crippen LogP contribution is 2.11. The van der Waals surface area contributed by atoms with E-state index in [4.69, 9.17) is 0 Å². The quantitative estimate of drug-likeness (QED) is 0.576. The molecule has 0 aliphatic rings. The van der Waals surface area contributed by atoms with Crippen LogP contribution in [0.25, 0.3) is 0 Å². The van der Waals surface area contributed by atoms with E-state index in [1.807, 2.05) is 30.3 Å². The lowest BCUT2D eigenvalue weighted by molar-refractivity contribution is 1.35. The second-order valence-corrected chi connectivity index (χ2v) is 3.88. The molecule has 2 aromatic carbocycles. The van der Waals surface area contributed by atoms with Crippen LogP contribution in [-0.2, 0) is 0 Å². The lowest BCUT2D eigenvalue weighted by atomic mass is 10.0. The molecule has 0 aromatic heterocycles. The maximum Gasteiger partial charge on any atom is 0.0307 e. The summed E-state index contributed by atoms with van der Waals surface area (Å²) < 4.78 is 0.